The maximum absolute atomic E-state index is 6.17. The summed E-state index contributed by atoms with van der Waals surface area (Å²) in [5, 5.41) is 0. The Morgan fingerprint density at radius 3 is 2.04 bits per heavy atom. The zero-order chi connectivity index (χ0) is 18.7. The fourth-order valence-corrected chi connectivity index (χ4v) is 3.46. The Kier molecular flexibility index (Phi) is 10.9. The summed E-state index contributed by atoms with van der Waals surface area (Å²) in [4.78, 5) is 0. The van der Waals surface area contributed by atoms with Gasteiger partial charge in [0, 0.05) is 6.42 Å². The van der Waals surface area contributed by atoms with Gasteiger partial charge in [0.25, 0.3) is 0 Å². The van der Waals surface area contributed by atoms with E-state index < -0.39 is 0 Å². The average molecular weight is 349 g/mol. The van der Waals surface area contributed by atoms with E-state index in [9.17, 15) is 0 Å². The molecule has 1 unspecified atom stereocenters. The Morgan fingerprint density at radius 2 is 1.52 bits per heavy atom. The third kappa shape index (κ3) is 9.30. The number of rotatable bonds is 8. The highest BCUT2D eigenvalue weighted by atomic mass is 16.7. The molecule has 0 saturated heterocycles. The molecule has 0 heterocycles. The van der Waals surface area contributed by atoms with E-state index in [2.05, 4.69) is 52.0 Å². The molecule has 2 nitrogen and oxygen atoms in total. The van der Waals surface area contributed by atoms with Crippen LogP contribution in [0.3, 0.4) is 0 Å². The van der Waals surface area contributed by atoms with Crippen molar-refractivity contribution in [1.29, 1.82) is 0 Å². The van der Waals surface area contributed by atoms with E-state index in [0.717, 1.165) is 24.5 Å². The zero-order valence-corrected chi connectivity index (χ0v) is 17.4. The van der Waals surface area contributed by atoms with E-state index in [1.165, 1.54) is 37.7 Å². The first-order chi connectivity index (χ1) is 12.0. The van der Waals surface area contributed by atoms with E-state index in [1.54, 1.807) is 0 Å². The van der Waals surface area contributed by atoms with Crippen LogP contribution >= 0.6 is 0 Å². The molecule has 25 heavy (non-hydrogen) atoms. The van der Waals surface area contributed by atoms with Gasteiger partial charge in [0.2, 0.25) is 0 Å². The van der Waals surface area contributed by atoms with Crippen molar-refractivity contribution in [3.63, 3.8) is 0 Å². The predicted molar refractivity (Wildman–Crippen MR) is 108 cm³/mol. The van der Waals surface area contributed by atoms with Gasteiger partial charge in [0.15, 0.2) is 6.29 Å². The van der Waals surface area contributed by atoms with E-state index >= 15 is 0 Å². The fourth-order valence-electron chi connectivity index (χ4n) is 3.46. The molecule has 144 valence electrons. The SMILES string of the molecule is CC.CC(C)Cc1ccc(OC(CC2CCCCC2)OC(C)C)cc1. The smallest absolute Gasteiger partial charge is 0.200 e. The summed E-state index contributed by atoms with van der Waals surface area (Å²) < 4.78 is 12.2. The van der Waals surface area contributed by atoms with Crippen molar-refractivity contribution >= 4 is 0 Å². The van der Waals surface area contributed by atoms with Crippen molar-refractivity contribution in [2.75, 3.05) is 0 Å². The van der Waals surface area contributed by atoms with Crippen LogP contribution in [0.5, 0.6) is 5.75 Å². The lowest BCUT2D eigenvalue weighted by atomic mass is 9.87. The Morgan fingerprint density at radius 1 is 0.920 bits per heavy atom. The largest absolute Gasteiger partial charge is 0.465 e. The van der Waals surface area contributed by atoms with E-state index in [-0.39, 0.29) is 12.4 Å². The topological polar surface area (TPSA) is 18.5 Å². The fraction of sp³-hybridized carbons (Fsp3) is 0.739. The predicted octanol–water partition coefficient (Wildman–Crippen LogP) is 7.01. The summed E-state index contributed by atoms with van der Waals surface area (Å²) in [7, 11) is 0. The van der Waals surface area contributed by atoms with Crippen molar-refractivity contribution in [3.05, 3.63) is 29.8 Å². The average Bonchev–Trinajstić information content (AvgIpc) is 2.58. The molecule has 2 heteroatoms. The molecule has 0 aromatic heterocycles. The van der Waals surface area contributed by atoms with E-state index in [0.29, 0.717) is 5.92 Å². The van der Waals surface area contributed by atoms with E-state index in [1.807, 2.05) is 13.8 Å². The molecule has 1 saturated carbocycles. The van der Waals surface area contributed by atoms with Gasteiger partial charge in [-0.3, -0.25) is 0 Å². The first-order valence-corrected chi connectivity index (χ1v) is 10.4. The molecule has 1 aliphatic rings. The van der Waals surface area contributed by atoms with Crippen LogP contribution in [-0.4, -0.2) is 12.4 Å². The Hall–Kier alpha value is -1.02. The molecule has 1 atom stereocenters. The van der Waals surface area contributed by atoms with Crippen molar-refractivity contribution in [3.8, 4) is 5.75 Å². The molecule has 0 bridgehead atoms. The highest BCUT2D eigenvalue weighted by Crippen LogP contribution is 2.29. The van der Waals surface area contributed by atoms with Gasteiger partial charge in [0.05, 0.1) is 6.10 Å². The van der Waals surface area contributed by atoms with Crippen molar-refractivity contribution < 1.29 is 9.47 Å². The Labute approximate surface area is 156 Å². The van der Waals surface area contributed by atoms with Gasteiger partial charge in [-0.25, -0.2) is 0 Å². The van der Waals surface area contributed by atoms with Crippen LogP contribution in [0.15, 0.2) is 24.3 Å². The molecule has 2 rings (SSSR count). The van der Waals surface area contributed by atoms with Gasteiger partial charge >= 0.3 is 0 Å². The Balaban J connectivity index is 0.00000151. The Bertz CT molecular complexity index is 430. The van der Waals surface area contributed by atoms with Crippen LogP contribution in [0, 0.1) is 11.8 Å². The van der Waals surface area contributed by atoms with Gasteiger partial charge < -0.3 is 9.47 Å². The van der Waals surface area contributed by atoms with Crippen LogP contribution in [-0.2, 0) is 11.2 Å². The maximum atomic E-state index is 6.17. The highest BCUT2D eigenvalue weighted by molar-refractivity contribution is 5.27. The molecule has 0 N–H and O–H groups in total. The van der Waals surface area contributed by atoms with Gasteiger partial charge in [-0.15, -0.1) is 0 Å². The van der Waals surface area contributed by atoms with Crippen LogP contribution < -0.4 is 4.74 Å². The molecule has 1 aromatic carbocycles. The standard InChI is InChI=1S/C21H34O2.C2H6/c1-16(2)14-19-10-12-20(13-11-19)23-21(22-17(3)4)15-18-8-6-5-7-9-18;1-2/h10-13,16-18,21H,5-9,14-15H2,1-4H3;1-2H3. The van der Waals surface area contributed by atoms with Crippen LogP contribution in [0.2, 0.25) is 0 Å². The second-order valence-corrected chi connectivity index (χ2v) is 7.71. The third-order valence-corrected chi connectivity index (χ3v) is 4.51. The summed E-state index contributed by atoms with van der Waals surface area (Å²) in [6.45, 7) is 12.7. The normalized spacial score (nSPS) is 16.5. The molecule has 0 amide bonds. The number of hydrogen-bond acceptors (Lipinski definition) is 2. The summed E-state index contributed by atoms with van der Waals surface area (Å²) in [6.07, 6.45) is 9.00. The van der Waals surface area contributed by atoms with Gasteiger partial charge in [-0.05, 0) is 49.8 Å². The molecule has 1 aliphatic carbocycles. The zero-order valence-electron chi connectivity index (χ0n) is 17.4. The second-order valence-electron chi connectivity index (χ2n) is 7.71. The van der Waals surface area contributed by atoms with E-state index in [4.69, 9.17) is 9.47 Å². The third-order valence-electron chi connectivity index (χ3n) is 4.51. The molecule has 1 aromatic rings. The lowest BCUT2D eigenvalue weighted by Crippen LogP contribution is -2.27. The minimum absolute atomic E-state index is 0.117. The number of hydrogen-bond donors (Lipinski definition) is 0. The second kappa shape index (κ2) is 12.4. The maximum Gasteiger partial charge on any atom is 0.200 e. The highest BCUT2D eigenvalue weighted by Gasteiger charge is 2.21. The first kappa shape index (κ1) is 22.0. The van der Waals surface area contributed by atoms with Gasteiger partial charge in [0.1, 0.15) is 5.75 Å². The molecule has 0 radical (unpaired) electrons. The molecule has 1 fully saturated rings. The summed E-state index contributed by atoms with van der Waals surface area (Å²) in [5.41, 5.74) is 1.38. The number of benzene rings is 1. The molecule has 0 spiro atoms. The van der Waals surface area contributed by atoms with Crippen molar-refractivity contribution in [2.45, 2.75) is 98.9 Å². The van der Waals surface area contributed by atoms with Crippen molar-refractivity contribution in [1.82, 2.24) is 0 Å². The minimum atomic E-state index is -0.117. The molecular formula is C23H40O2. The summed E-state index contributed by atoms with van der Waals surface area (Å²) >= 11 is 0. The molecular weight excluding hydrogens is 308 g/mol. The first-order valence-electron chi connectivity index (χ1n) is 10.4. The number of ether oxygens (including phenoxy) is 2. The minimum Gasteiger partial charge on any atom is -0.465 e. The van der Waals surface area contributed by atoms with Gasteiger partial charge in [-0.1, -0.05) is 71.9 Å². The van der Waals surface area contributed by atoms with Crippen LogP contribution in [0.4, 0.5) is 0 Å². The summed E-state index contributed by atoms with van der Waals surface area (Å²) in [6, 6.07) is 8.55. The van der Waals surface area contributed by atoms with Gasteiger partial charge in [-0.2, -0.15) is 0 Å². The van der Waals surface area contributed by atoms with Crippen LogP contribution in [0.25, 0.3) is 0 Å². The lowest BCUT2D eigenvalue weighted by molar-refractivity contribution is -0.120. The molecule has 0 aliphatic heterocycles. The van der Waals surface area contributed by atoms with Crippen molar-refractivity contribution in [2.24, 2.45) is 11.8 Å². The van der Waals surface area contributed by atoms with Crippen LogP contribution in [0.1, 0.15) is 85.6 Å². The lowest BCUT2D eigenvalue weighted by Gasteiger charge is -2.28. The monoisotopic (exact) mass is 348 g/mol. The summed E-state index contributed by atoms with van der Waals surface area (Å²) in [5.74, 6) is 2.37. The quantitative estimate of drug-likeness (QED) is 0.470.